The van der Waals surface area contributed by atoms with E-state index in [0.717, 1.165) is 12.8 Å². The first-order valence-corrected chi connectivity index (χ1v) is 4.37. The Morgan fingerprint density at radius 3 is 2.50 bits per heavy atom. The van der Waals surface area contributed by atoms with Crippen LogP contribution in [0.25, 0.3) is 0 Å². The fraction of sp³-hybridized carbons (Fsp3) is 0.700. The number of hydrogen-bond acceptors (Lipinski definition) is 1. The molecular formula is C10H18O2. The van der Waals surface area contributed by atoms with Crippen LogP contribution < -0.4 is 0 Å². The minimum absolute atomic E-state index is 0.288. The van der Waals surface area contributed by atoms with E-state index < -0.39 is 5.97 Å². The molecule has 0 bridgehead atoms. The summed E-state index contributed by atoms with van der Waals surface area (Å²) in [7, 11) is 0. The van der Waals surface area contributed by atoms with Crippen molar-refractivity contribution in [2.75, 3.05) is 0 Å². The zero-order valence-corrected chi connectivity index (χ0v) is 8.13. The Morgan fingerprint density at radius 1 is 1.50 bits per heavy atom. The molecule has 0 aromatic carbocycles. The van der Waals surface area contributed by atoms with Crippen LogP contribution in [0.5, 0.6) is 0 Å². The van der Waals surface area contributed by atoms with Gasteiger partial charge in [-0.05, 0) is 32.6 Å². The molecule has 0 rings (SSSR count). The number of aliphatic carboxylic acids is 1. The van der Waals surface area contributed by atoms with Gasteiger partial charge >= 0.3 is 5.97 Å². The van der Waals surface area contributed by atoms with E-state index in [1.54, 1.807) is 0 Å². The van der Waals surface area contributed by atoms with E-state index in [9.17, 15) is 4.79 Å². The SMILES string of the molecule is CC(C)=CCCC(C)C[13C](=O)O. The lowest BCUT2D eigenvalue weighted by molar-refractivity contribution is -0.138. The number of rotatable bonds is 5. The van der Waals surface area contributed by atoms with Crippen molar-refractivity contribution >= 4 is 5.97 Å². The van der Waals surface area contributed by atoms with Crippen molar-refractivity contribution in [1.29, 1.82) is 0 Å². The van der Waals surface area contributed by atoms with Gasteiger partial charge in [-0.3, -0.25) is 4.79 Å². The fourth-order valence-corrected chi connectivity index (χ4v) is 1.06. The molecule has 0 aromatic heterocycles. The Balaban J connectivity index is 3.50. The zero-order chi connectivity index (χ0) is 9.56. The highest BCUT2D eigenvalue weighted by Crippen LogP contribution is 2.11. The maximum Gasteiger partial charge on any atom is 0.303 e. The van der Waals surface area contributed by atoms with Crippen molar-refractivity contribution in [3.8, 4) is 0 Å². The summed E-state index contributed by atoms with van der Waals surface area (Å²) in [4.78, 5) is 10.3. The average molecular weight is 171 g/mol. The van der Waals surface area contributed by atoms with Crippen LogP contribution in [0.4, 0.5) is 0 Å². The maximum absolute atomic E-state index is 10.3. The van der Waals surface area contributed by atoms with Gasteiger partial charge in [0.1, 0.15) is 0 Å². The molecule has 2 heteroatoms. The molecule has 1 unspecified atom stereocenters. The van der Waals surface area contributed by atoms with Crippen LogP contribution in [-0.4, -0.2) is 11.1 Å². The Bertz CT molecular complexity index is 167. The molecular weight excluding hydrogens is 153 g/mol. The summed E-state index contributed by atoms with van der Waals surface area (Å²) in [5, 5.41) is 8.48. The second-order valence-electron chi connectivity index (χ2n) is 3.56. The summed E-state index contributed by atoms with van der Waals surface area (Å²) in [6.07, 6.45) is 4.41. The summed E-state index contributed by atoms with van der Waals surface area (Å²) >= 11 is 0. The third-order valence-corrected chi connectivity index (χ3v) is 1.74. The van der Waals surface area contributed by atoms with Gasteiger partial charge in [0.15, 0.2) is 0 Å². The second-order valence-corrected chi connectivity index (χ2v) is 3.56. The standard InChI is InChI=1S/C10H18O2/c1-8(2)5-4-6-9(3)7-10(11)12/h5,9H,4,6-7H2,1-3H3,(H,11,12)/i10+1. The molecule has 12 heavy (non-hydrogen) atoms. The molecule has 0 aliphatic rings. The van der Waals surface area contributed by atoms with E-state index in [-0.39, 0.29) is 12.3 Å². The van der Waals surface area contributed by atoms with Gasteiger partial charge in [0.25, 0.3) is 0 Å². The molecule has 0 aliphatic heterocycles. The predicted molar refractivity (Wildman–Crippen MR) is 50.1 cm³/mol. The summed E-state index contributed by atoms with van der Waals surface area (Å²) < 4.78 is 0. The summed E-state index contributed by atoms with van der Waals surface area (Å²) in [6, 6.07) is 0. The Kier molecular flexibility index (Phi) is 5.43. The quantitative estimate of drug-likeness (QED) is 0.510. The summed E-state index contributed by atoms with van der Waals surface area (Å²) in [6.45, 7) is 6.09. The van der Waals surface area contributed by atoms with Gasteiger partial charge in [-0.15, -0.1) is 0 Å². The van der Waals surface area contributed by atoms with Crippen LogP contribution in [0, 0.1) is 5.92 Å². The molecule has 0 radical (unpaired) electrons. The van der Waals surface area contributed by atoms with Crippen molar-refractivity contribution in [2.45, 2.75) is 40.0 Å². The third-order valence-electron chi connectivity index (χ3n) is 1.74. The predicted octanol–water partition coefficient (Wildman–Crippen LogP) is 2.84. The fourth-order valence-electron chi connectivity index (χ4n) is 1.06. The van der Waals surface area contributed by atoms with Crippen LogP contribution in [0.1, 0.15) is 40.0 Å². The largest absolute Gasteiger partial charge is 0.481 e. The molecule has 0 saturated heterocycles. The van der Waals surface area contributed by atoms with Crippen molar-refractivity contribution in [2.24, 2.45) is 5.92 Å². The van der Waals surface area contributed by atoms with Crippen LogP contribution in [0.3, 0.4) is 0 Å². The maximum atomic E-state index is 10.3. The molecule has 1 N–H and O–H groups in total. The molecule has 0 amide bonds. The van der Waals surface area contributed by atoms with Crippen molar-refractivity contribution < 1.29 is 9.90 Å². The van der Waals surface area contributed by atoms with Gasteiger partial charge in [0.05, 0.1) is 0 Å². The zero-order valence-electron chi connectivity index (χ0n) is 8.13. The average Bonchev–Trinajstić information content (AvgIpc) is 1.84. The molecule has 0 aromatic rings. The first kappa shape index (κ1) is 11.2. The molecule has 1 atom stereocenters. The van der Waals surface area contributed by atoms with Gasteiger partial charge < -0.3 is 5.11 Å². The van der Waals surface area contributed by atoms with Gasteiger partial charge in [-0.25, -0.2) is 0 Å². The molecule has 0 heterocycles. The van der Waals surface area contributed by atoms with E-state index in [0.29, 0.717) is 0 Å². The minimum atomic E-state index is -0.695. The Labute approximate surface area is 74.3 Å². The van der Waals surface area contributed by atoms with Gasteiger partial charge in [0, 0.05) is 6.42 Å². The molecule has 0 spiro atoms. The number of carboxylic acid groups (broad SMARTS) is 1. The van der Waals surface area contributed by atoms with Gasteiger partial charge in [-0.1, -0.05) is 18.6 Å². The normalized spacial score (nSPS) is 12.2. The molecule has 2 nitrogen and oxygen atoms in total. The molecule has 0 saturated carbocycles. The minimum Gasteiger partial charge on any atom is -0.481 e. The van der Waals surface area contributed by atoms with Crippen LogP contribution >= 0.6 is 0 Å². The second kappa shape index (κ2) is 5.81. The highest BCUT2D eigenvalue weighted by molar-refractivity contribution is 5.66. The van der Waals surface area contributed by atoms with Gasteiger partial charge in [-0.2, -0.15) is 0 Å². The van der Waals surface area contributed by atoms with E-state index >= 15 is 0 Å². The van der Waals surface area contributed by atoms with Crippen LogP contribution in [0.15, 0.2) is 11.6 Å². The summed E-state index contributed by atoms with van der Waals surface area (Å²) in [5.74, 6) is -0.405. The molecule has 70 valence electrons. The lowest BCUT2D eigenvalue weighted by Crippen LogP contribution is -2.03. The number of carbonyl (C=O) groups is 1. The topological polar surface area (TPSA) is 37.3 Å². The Hall–Kier alpha value is -0.790. The third kappa shape index (κ3) is 7.32. The first-order chi connectivity index (χ1) is 5.52. The van der Waals surface area contributed by atoms with Crippen molar-refractivity contribution in [3.05, 3.63) is 11.6 Å². The summed E-state index contributed by atoms with van der Waals surface area (Å²) in [5.41, 5.74) is 1.30. The highest BCUT2D eigenvalue weighted by atomic mass is 16.5. The van der Waals surface area contributed by atoms with E-state index in [4.69, 9.17) is 5.11 Å². The van der Waals surface area contributed by atoms with E-state index in [1.807, 2.05) is 6.92 Å². The van der Waals surface area contributed by atoms with E-state index in [1.165, 1.54) is 5.57 Å². The highest BCUT2D eigenvalue weighted by Gasteiger charge is 2.05. The first-order valence-electron chi connectivity index (χ1n) is 4.37. The lowest BCUT2D eigenvalue weighted by Gasteiger charge is -2.05. The van der Waals surface area contributed by atoms with Crippen LogP contribution in [-0.2, 0) is 4.79 Å². The number of hydrogen-bond donors (Lipinski definition) is 1. The van der Waals surface area contributed by atoms with Crippen molar-refractivity contribution in [1.82, 2.24) is 0 Å². The number of carboxylic acids is 1. The smallest absolute Gasteiger partial charge is 0.303 e. The van der Waals surface area contributed by atoms with Crippen LogP contribution in [0.2, 0.25) is 0 Å². The molecule has 0 aliphatic carbocycles. The Morgan fingerprint density at radius 2 is 2.08 bits per heavy atom. The van der Waals surface area contributed by atoms with Crippen molar-refractivity contribution in [3.63, 3.8) is 0 Å². The molecule has 0 fully saturated rings. The monoisotopic (exact) mass is 171 g/mol. The number of allylic oxidation sites excluding steroid dienone is 2. The van der Waals surface area contributed by atoms with E-state index in [2.05, 4.69) is 19.9 Å². The lowest BCUT2D eigenvalue weighted by atomic mass is 10.0. The van der Waals surface area contributed by atoms with Gasteiger partial charge in [0.2, 0.25) is 0 Å².